The maximum atomic E-state index is 12.4. The summed E-state index contributed by atoms with van der Waals surface area (Å²) in [7, 11) is 0. The van der Waals surface area contributed by atoms with Crippen molar-refractivity contribution < 1.29 is 0 Å². The van der Waals surface area contributed by atoms with Crippen LogP contribution in [0.25, 0.3) is 5.52 Å². The van der Waals surface area contributed by atoms with E-state index in [0.717, 1.165) is 15.7 Å². The standard InChI is InChI=1S/C14H13BrN4O/c1-9-7-13-14(20)18(5-6-19(13)17-9)8-10-11(15)3-2-4-12(10)16/h2-7H,8,16H2,1H3. The second-order valence-electron chi connectivity index (χ2n) is 4.65. The summed E-state index contributed by atoms with van der Waals surface area (Å²) >= 11 is 3.47. The molecule has 0 amide bonds. The van der Waals surface area contributed by atoms with Gasteiger partial charge in [-0.2, -0.15) is 5.10 Å². The minimum absolute atomic E-state index is 0.0803. The van der Waals surface area contributed by atoms with Crippen molar-refractivity contribution >= 4 is 27.1 Å². The van der Waals surface area contributed by atoms with E-state index in [0.29, 0.717) is 17.7 Å². The fourth-order valence-corrected chi connectivity index (χ4v) is 2.69. The van der Waals surface area contributed by atoms with Crippen LogP contribution < -0.4 is 11.3 Å². The first-order valence-electron chi connectivity index (χ1n) is 6.14. The SMILES string of the molecule is Cc1cc2c(=O)n(Cc3c(N)cccc3Br)ccn2n1. The molecule has 2 N–H and O–H groups in total. The van der Waals surface area contributed by atoms with Gasteiger partial charge in [-0.25, -0.2) is 4.52 Å². The second-order valence-corrected chi connectivity index (χ2v) is 5.51. The van der Waals surface area contributed by atoms with Crippen molar-refractivity contribution in [3.63, 3.8) is 0 Å². The third-order valence-corrected chi connectivity index (χ3v) is 3.95. The van der Waals surface area contributed by atoms with Gasteiger partial charge in [0.25, 0.3) is 5.56 Å². The van der Waals surface area contributed by atoms with Crippen LogP contribution in [-0.2, 0) is 6.54 Å². The number of aryl methyl sites for hydroxylation is 1. The number of nitrogen functional groups attached to an aromatic ring is 1. The molecule has 2 heterocycles. The van der Waals surface area contributed by atoms with Crippen LogP contribution in [0.15, 0.2) is 45.9 Å². The third-order valence-electron chi connectivity index (χ3n) is 3.21. The molecule has 0 atom stereocenters. The van der Waals surface area contributed by atoms with Gasteiger partial charge in [0.15, 0.2) is 0 Å². The number of fused-ring (bicyclic) bond motifs is 1. The molecule has 3 rings (SSSR count). The lowest BCUT2D eigenvalue weighted by atomic mass is 10.2. The molecule has 3 aromatic rings. The molecule has 1 aromatic carbocycles. The molecule has 0 spiro atoms. The molecular weight excluding hydrogens is 320 g/mol. The average molecular weight is 333 g/mol. The van der Waals surface area contributed by atoms with E-state index < -0.39 is 0 Å². The van der Waals surface area contributed by atoms with E-state index in [1.54, 1.807) is 27.5 Å². The highest BCUT2D eigenvalue weighted by atomic mass is 79.9. The molecule has 102 valence electrons. The predicted octanol–water partition coefficient (Wildman–Crippen LogP) is 2.20. The Balaban J connectivity index is 2.12. The summed E-state index contributed by atoms with van der Waals surface area (Å²) in [6, 6.07) is 7.39. The van der Waals surface area contributed by atoms with Gasteiger partial charge >= 0.3 is 0 Å². The molecule has 0 aliphatic heterocycles. The zero-order valence-corrected chi connectivity index (χ0v) is 12.5. The van der Waals surface area contributed by atoms with Crippen LogP contribution in [0.1, 0.15) is 11.3 Å². The molecule has 2 aromatic heterocycles. The van der Waals surface area contributed by atoms with E-state index in [1.165, 1.54) is 0 Å². The van der Waals surface area contributed by atoms with Gasteiger partial charge in [-0.15, -0.1) is 0 Å². The number of rotatable bonds is 2. The van der Waals surface area contributed by atoms with Gasteiger partial charge in [-0.3, -0.25) is 4.79 Å². The Hall–Kier alpha value is -2.08. The van der Waals surface area contributed by atoms with E-state index in [-0.39, 0.29) is 5.56 Å². The first-order valence-corrected chi connectivity index (χ1v) is 6.94. The molecule has 20 heavy (non-hydrogen) atoms. The Morgan fingerprint density at radius 3 is 2.90 bits per heavy atom. The average Bonchev–Trinajstić information content (AvgIpc) is 2.78. The number of anilines is 1. The zero-order valence-electron chi connectivity index (χ0n) is 10.9. The van der Waals surface area contributed by atoms with Crippen molar-refractivity contribution in [2.75, 3.05) is 5.73 Å². The Labute approximate surface area is 123 Å². The van der Waals surface area contributed by atoms with Gasteiger partial charge < -0.3 is 10.3 Å². The summed E-state index contributed by atoms with van der Waals surface area (Å²) in [5.41, 5.74) is 8.84. The molecular formula is C14H13BrN4O. The Bertz CT molecular complexity index is 830. The quantitative estimate of drug-likeness (QED) is 0.731. The van der Waals surface area contributed by atoms with Gasteiger partial charge in [0, 0.05) is 28.1 Å². The van der Waals surface area contributed by atoms with E-state index in [4.69, 9.17) is 5.73 Å². The predicted molar refractivity (Wildman–Crippen MR) is 81.8 cm³/mol. The highest BCUT2D eigenvalue weighted by Crippen LogP contribution is 2.23. The highest BCUT2D eigenvalue weighted by Gasteiger charge is 2.09. The number of halogens is 1. The molecule has 0 unspecified atom stereocenters. The third kappa shape index (κ3) is 2.12. The molecule has 0 saturated heterocycles. The summed E-state index contributed by atoms with van der Waals surface area (Å²) in [6.07, 6.45) is 3.50. The van der Waals surface area contributed by atoms with Gasteiger partial charge in [0.05, 0.1) is 12.2 Å². The molecule has 0 saturated carbocycles. The van der Waals surface area contributed by atoms with Crippen molar-refractivity contribution in [2.24, 2.45) is 0 Å². The normalized spacial score (nSPS) is 11.1. The second kappa shape index (κ2) is 4.79. The molecule has 6 heteroatoms. The maximum Gasteiger partial charge on any atom is 0.276 e. The number of nitrogens with zero attached hydrogens (tertiary/aromatic N) is 3. The first-order chi connectivity index (χ1) is 9.56. The highest BCUT2D eigenvalue weighted by molar-refractivity contribution is 9.10. The van der Waals surface area contributed by atoms with Crippen LogP contribution in [0.4, 0.5) is 5.69 Å². The number of hydrogen-bond donors (Lipinski definition) is 1. The Morgan fingerprint density at radius 1 is 1.35 bits per heavy atom. The molecule has 0 fully saturated rings. The lowest BCUT2D eigenvalue weighted by Crippen LogP contribution is -2.22. The maximum absolute atomic E-state index is 12.4. The van der Waals surface area contributed by atoms with E-state index in [2.05, 4.69) is 21.0 Å². The zero-order chi connectivity index (χ0) is 14.3. The monoisotopic (exact) mass is 332 g/mol. The fraction of sp³-hybridized carbons (Fsp3) is 0.143. The number of nitrogens with two attached hydrogens (primary N) is 1. The van der Waals surface area contributed by atoms with E-state index in [1.807, 2.05) is 25.1 Å². The van der Waals surface area contributed by atoms with Crippen molar-refractivity contribution in [3.05, 3.63) is 62.7 Å². The van der Waals surface area contributed by atoms with Crippen LogP contribution in [0.2, 0.25) is 0 Å². The number of benzene rings is 1. The Morgan fingerprint density at radius 2 is 2.15 bits per heavy atom. The van der Waals surface area contributed by atoms with Gasteiger partial charge in [0.2, 0.25) is 0 Å². The smallest absolute Gasteiger partial charge is 0.276 e. The molecule has 0 radical (unpaired) electrons. The van der Waals surface area contributed by atoms with Crippen molar-refractivity contribution in [1.29, 1.82) is 0 Å². The van der Waals surface area contributed by atoms with Crippen LogP contribution in [-0.4, -0.2) is 14.2 Å². The van der Waals surface area contributed by atoms with Crippen LogP contribution in [0, 0.1) is 6.92 Å². The van der Waals surface area contributed by atoms with E-state index >= 15 is 0 Å². The minimum Gasteiger partial charge on any atom is -0.398 e. The largest absolute Gasteiger partial charge is 0.398 e. The number of hydrogen-bond acceptors (Lipinski definition) is 3. The lowest BCUT2D eigenvalue weighted by Gasteiger charge is -2.10. The topological polar surface area (TPSA) is 65.3 Å². The van der Waals surface area contributed by atoms with Crippen molar-refractivity contribution in [1.82, 2.24) is 14.2 Å². The molecule has 0 aliphatic rings. The van der Waals surface area contributed by atoms with Crippen molar-refractivity contribution in [2.45, 2.75) is 13.5 Å². The van der Waals surface area contributed by atoms with Crippen LogP contribution in [0.3, 0.4) is 0 Å². The van der Waals surface area contributed by atoms with Gasteiger partial charge in [-0.05, 0) is 25.1 Å². The van der Waals surface area contributed by atoms with Gasteiger partial charge in [0.1, 0.15) is 5.52 Å². The molecule has 0 bridgehead atoms. The molecule has 5 nitrogen and oxygen atoms in total. The first kappa shape index (κ1) is 12.9. The summed E-state index contributed by atoms with van der Waals surface area (Å²) in [6.45, 7) is 2.29. The summed E-state index contributed by atoms with van der Waals surface area (Å²) in [5, 5.41) is 4.23. The minimum atomic E-state index is -0.0803. The summed E-state index contributed by atoms with van der Waals surface area (Å²) in [5.74, 6) is 0. The number of aromatic nitrogens is 3. The fourth-order valence-electron chi connectivity index (χ4n) is 2.19. The Kier molecular flexibility index (Phi) is 3.10. The van der Waals surface area contributed by atoms with Crippen molar-refractivity contribution in [3.8, 4) is 0 Å². The van der Waals surface area contributed by atoms with Crippen LogP contribution >= 0.6 is 15.9 Å². The van der Waals surface area contributed by atoms with E-state index in [9.17, 15) is 4.79 Å². The summed E-state index contributed by atoms with van der Waals surface area (Å²) < 4.78 is 4.12. The molecule has 0 aliphatic carbocycles. The lowest BCUT2D eigenvalue weighted by molar-refractivity contribution is 0.741. The van der Waals surface area contributed by atoms with Gasteiger partial charge in [-0.1, -0.05) is 22.0 Å². The summed E-state index contributed by atoms with van der Waals surface area (Å²) in [4.78, 5) is 12.4. The van der Waals surface area contributed by atoms with Crippen LogP contribution in [0.5, 0.6) is 0 Å².